The summed E-state index contributed by atoms with van der Waals surface area (Å²) in [6, 6.07) is 0.236. The van der Waals surface area contributed by atoms with Gasteiger partial charge in [-0.15, -0.1) is 11.3 Å². The summed E-state index contributed by atoms with van der Waals surface area (Å²) in [7, 11) is 1.77. The summed E-state index contributed by atoms with van der Waals surface area (Å²) < 4.78 is 5.88. The predicted octanol–water partition coefficient (Wildman–Crippen LogP) is 1.76. The zero-order valence-corrected chi connectivity index (χ0v) is 16.8. The maximum Gasteiger partial charge on any atom is 0.259 e. The van der Waals surface area contributed by atoms with Gasteiger partial charge < -0.3 is 20.3 Å². The van der Waals surface area contributed by atoms with Gasteiger partial charge in [-0.1, -0.05) is 0 Å². The largest absolute Gasteiger partial charge is 0.370 e. The third-order valence-corrected chi connectivity index (χ3v) is 5.58. The van der Waals surface area contributed by atoms with Crippen LogP contribution < -0.4 is 21.5 Å². The van der Waals surface area contributed by atoms with Crippen molar-refractivity contribution in [2.45, 2.75) is 58.7 Å². The van der Waals surface area contributed by atoms with Crippen LogP contribution >= 0.6 is 23.6 Å². The van der Waals surface area contributed by atoms with E-state index in [9.17, 15) is 4.79 Å². The van der Waals surface area contributed by atoms with Crippen LogP contribution in [0.1, 0.15) is 48.5 Å². The molecule has 0 bridgehead atoms. The number of hydrazine groups is 1. The molecule has 0 spiro atoms. The molecule has 9 heteroatoms. The van der Waals surface area contributed by atoms with Gasteiger partial charge in [0.1, 0.15) is 5.00 Å². The maximum atomic E-state index is 12.9. The molecule has 138 valence electrons. The van der Waals surface area contributed by atoms with Crippen molar-refractivity contribution in [3.8, 4) is 0 Å². The molecule has 3 heterocycles. The minimum absolute atomic E-state index is 0.00554. The number of anilines is 1. The van der Waals surface area contributed by atoms with Crippen molar-refractivity contribution in [1.29, 1.82) is 0 Å². The van der Waals surface area contributed by atoms with E-state index in [4.69, 9.17) is 17.0 Å². The highest BCUT2D eigenvalue weighted by molar-refractivity contribution is 7.80. The first-order valence-electron chi connectivity index (χ1n) is 8.32. The van der Waals surface area contributed by atoms with Crippen LogP contribution in [-0.4, -0.2) is 40.9 Å². The van der Waals surface area contributed by atoms with Gasteiger partial charge in [0.05, 0.1) is 17.8 Å². The molecule has 7 nitrogen and oxygen atoms in total. The Kier molecular flexibility index (Phi) is 4.93. The lowest BCUT2D eigenvalue weighted by Crippen LogP contribution is -2.60. The number of ether oxygens (including phenoxy) is 1. The van der Waals surface area contributed by atoms with Gasteiger partial charge in [0.15, 0.2) is 11.4 Å². The van der Waals surface area contributed by atoms with E-state index < -0.39 is 0 Å². The van der Waals surface area contributed by atoms with E-state index in [2.05, 4.69) is 35.3 Å². The number of nitrogens with one attached hydrogen (secondary N) is 4. The van der Waals surface area contributed by atoms with Crippen molar-refractivity contribution < 1.29 is 9.53 Å². The number of fused-ring (bicyclic) bond motifs is 3. The molecule has 0 saturated carbocycles. The first-order valence-corrected chi connectivity index (χ1v) is 9.54. The number of hydrogen-bond acceptors (Lipinski definition) is 6. The number of carbonyl (C=O) groups is 1. The number of thiocarbonyl (C=S) groups is 1. The van der Waals surface area contributed by atoms with Gasteiger partial charge in [0.25, 0.3) is 5.91 Å². The van der Waals surface area contributed by atoms with Gasteiger partial charge in [-0.2, -0.15) is 5.43 Å². The Balaban J connectivity index is 1.76. The zero-order valence-electron chi connectivity index (χ0n) is 15.1. The van der Waals surface area contributed by atoms with Gasteiger partial charge in [-0.05, 0) is 45.5 Å². The van der Waals surface area contributed by atoms with Gasteiger partial charge >= 0.3 is 0 Å². The molecule has 2 aliphatic heterocycles. The van der Waals surface area contributed by atoms with Crippen molar-refractivity contribution in [3.63, 3.8) is 0 Å². The molecule has 0 fully saturated rings. The summed E-state index contributed by atoms with van der Waals surface area (Å²) in [5, 5.41) is 7.84. The molecule has 1 amide bonds. The second-order valence-corrected chi connectivity index (χ2v) is 8.81. The highest BCUT2D eigenvalue weighted by Crippen LogP contribution is 2.42. The lowest BCUT2D eigenvalue weighted by Gasteiger charge is -2.35. The summed E-state index contributed by atoms with van der Waals surface area (Å²) in [4.78, 5) is 15.7. The fourth-order valence-corrected chi connectivity index (χ4v) is 4.40. The van der Waals surface area contributed by atoms with Crippen LogP contribution in [0.15, 0.2) is 0 Å². The van der Waals surface area contributed by atoms with E-state index in [1.807, 2.05) is 13.8 Å². The number of hydrogen-bond donors (Lipinski definition) is 4. The molecular weight excluding hydrogens is 358 g/mol. The highest BCUT2D eigenvalue weighted by Gasteiger charge is 2.38. The summed E-state index contributed by atoms with van der Waals surface area (Å²) in [5.41, 5.74) is 7.64. The van der Waals surface area contributed by atoms with Crippen LogP contribution in [0, 0.1) is 0 Å². The third-order valence-electron chi connectivity index (χ3n) is 4.22. The lowest BCUT2D eigenvalue weighted by atomic mass is 9.92. The van der Waals surface area contributed by atoms with Crippen molar-refractivity contribution in [2.75, 3.05) is 12.4 Å². The molecule has 1 aromatic heterocycles. The van der Waals surface area contributed by atoms with Gasteiger partial charge in [-0.25, -0.2) is 0 Å². The first kappa shape index (κ1) is 18.4. The smallest absolute Gasteiger partial charge is 0.259 e. The quantitative estimate of drug-likeness (QED) is 0.468. The van der Waals surface area contributed by atoms with Crippen LogP contribution in [0.3, 0.4) is 0 Å². The van der Waals surface area contributed by atoms with E-state index in [1.54, 1.807) is 23.3 Å². The molecular formula is C16H25N5O2S2. The summed E-state index contributed by atoms with van der Waals surface area (Å²) in [6.07, 6.45) is 0.356. The topological polar surface area (TPSA) is 77.7 Å². The normalized spacial score (nSPS) is 21.4. The number of rotatable bonds is 3. The third kappa shape index (κ3) is 3.74. The first-order chi connectivity index (χ1) is 11.7. The summed E-state index contributed by atoms with van der Waals surface area (Å²) in [5.74, 6) is 0.00554. The predicted molar refractivity (Wildman–Crippen MR) is 104 cm³/mol. The highest BCUT2D eigenvalue weighted by atomic mass is 32.1. The van der Waals surface area contributed by atoms with Gasteiger partial charge in [0.2, 0.25) is 0 Å². The van der Waals surface area contributed by atoms with Crippen LogP contribution in [0.4, 0.5) is 5.00 Å². The van der Waals surface area contributed by atoms with E-state index in [0.29, 0.717) is 11.7 Å². The van der Waals surface area contributed by atoms with Gasteiger partial charge in [-0.3, -0.25) is 10.2 Å². The van der Waals surface area contributed by atoms with E-state index in [1.165, 1.54) is 0 Å². The Morgan fingerprint density at radius 1 is 1.48 bits per heavy atom. The monoisotopic (exact) mass is 383 g/mol. The average molecular weight is 384 g/mol. The van der Waals surface area contributed by atoms with Crippen LogP contribution in [0.25, 0.3) is 0 Å². The van der Waals surface area contributed by atoms with Crippen LogP contribution in [0.2, 0.25) is 0 Å². The summed E-state index contributed by atoms with van der Waals surface area (Å²) >= 11 is 6.80. The standard InChI is InChI=1S/C16H25N5O2S2/c1-8(2)17-15(24)20-19-14-18-12-11(13(22)21(14)5)9-6-16(3,4)23-7-10(9)25-12/h8,14,18-19H,6-7H2,1-5H3,(H2,17,20,24)/t14-/m1/s1. The Bertz CT molecular complexity index is 701. The number of carbonyl (C=O) groups excluding carboxylic acids is 1. The van der Waals surface area contributed by atoms with Crippen LogP contribution in [-0.2, 0) is 17.8 Å². The molecule has 0 aliphatic carbocycles. The zero-order chi connectivity index (χ0) is 18.4. The van der Waals surface area contributed by atoms with Crippen molar-refractivity contribution in [2.24, 2.45) is 0 Å². The molecule has 0 saturated heterocycles. The molecule has 2 aliphatic rings. The minimum atomic E-state index is -0.388. The van der Waals surface area contributed by atoms with E-state index in [0.717, 1.165) is 27.4 Å². The molecule has 3 rings (SSSR count). The second-order valence-electron chi connectivity index (χ2n) is 7.29. The van der Waals surface area contributed by atoms with E-state index >= 15 is 0 Å². The SMILES string of the molecule is CC(C)NC(=S)NN[C@H]1Nc2sc3c(c2C(=O)N1C)CC(C)(C)OC3. The Hall–Kier alpha value is -1.42. The summed E-state index contributed by atoms with van der Waals surface area (Å²) in [6.45, 7) is 8.68. The molecule has 1 aromatic rings. The van der Waals surface area contributed by atoms with Crippen molar-refractivity contribution in [3.05, 3.63) is 16.0 Å². The Morgan fingerprint density at radius 3 is 2.88 bits per heavy atom. The van der Waals surface area contributed by atoms with Crippen LogP contribution in [0.5, 0.6) is 0 Å². The van der Waals surface area contributed by atoms with E-state index in [-0.39, 0.29) is 23.8 Å². The van der Waals surface area contributed by atoms with Gasteiger partial charge in [0, 0.05) is 24.4 Å². The van der Waals surface area contributed by atoms with Crippen molar-refractivity contribution >= 4 is 39.6 Å². The molecule has 0 radical (unpaired) electrons. The fraction of sp³-hybridized carbons (Fsp3) is 0.625. The molecule has 25 heavy (non-hydrogen) atoms. The number of amides is 1. The Morgan fingerprint density at radius 2 is 2.20 bits per heavy atom. The molecule has 4 N–H and O–H groups in total. The number of thiophene rings is 1. The second kappa shape index (κ2) is 6.71. The molecule has 0 aromatic carbocycles. The minimum Gasteiger partial charge on any atom is -0.370 e. The molecule has 0 unspecified atom stereocenters. The average Bonchev–Trinajstić information content (AvgIpc) is 2.85. The van der Waals surface area contributed by atoms with Crippen molar-refractivity contribution in [1.82, 2.24) is 21.1 Å². The maximum absolute atomic E-state index is 12.9. The number of nitrogens with zero attached hydrogens (tertiary/aromatic N) is 1. The Labute approximate surface area is 157 Å². The molecule has 1 atom stereocenters. The fourth-order valence-electron chi connectivity index (χ4n) is 2.96. The lowest BCUT2D eigenvalue weighted by molar-refractivity contribution is -0.0384.